The molecule has 1 rings (SSSR count). The monoisotopic (exact) mass is 240 g/mol. The number of rotatable bonds is 5. The van der Waals surface area contributed by atoms with Gasteiger partial charge in [0, 0.05) is 12.1 Å². The summed E-state index contributed by atoms with van der Waals surface area (Å²) in [5, 5.41) is 32.4. The Morgan fingerprint density at radius 1 is 1.24 bits per heavy atom. The highest BCUT2D eigenvalue weighted by molar-refractivity contribution is 5.37. The molecule has 6 heteroatoms. The van der Waals surface area contributed by atoms with Crippen molar-refractivity contribution < 1.29 is 15.3 Å². The number of aliphatic hydroxyl groups excluding tert-OH is 1. The SMILES string of the molecule is CC(C)N(CC(O)c1cc(O)cc(O)c1)N=O. The quantitative estimate of drug-likeness (QED) is 0.536. The molecule has 0 bridgehead atoms. The average molecular weight is 240 g/mol. The third-order valence-electron chi connectivity index (χ3n) is 2.37. The van der Waals surface area contributed by atoms with Crippen LogP contribution in [-0.4, -0.2) is 32.9 Å². The van der Waals surface area contributed by atoms with E-state index >= 15 is 0 Å². The summed E-state index contributed by atoms with van der Waals surface area (Å²) >= 11 is 0. The summed E-state index contributed by atoms with van der Waals surface area (Å²) in [5.74, 6) is -0.289. The van der Waals surface area contributed by atoms with Gasteiger partial charge in [-0.25, -0.2) is 0 Å². The van der Waals surface area contributed by atoms with E-state index in [1.807, 2.05) is 0 Å². The van der Waals surface area contributed by atoms with Crippen LogP contribution < -0.4 is 0 Å². The van der Waals surface area contributed by atoms with E-state index in [4.69, 9.17) is 0 Å². The van der Waals surface area contributed by atoms with Crippen LogP contribution in [-0.2, 0) is 0 Å². The molecule has 0 saturated carbocycles. The summed E-state index contributed by atoms with van der Waals surface area (Å²) in [6.07, 6.45) is -1.01. The maximum absolute atomic E-state index is 10.5. The minimum absolute atomic E-state index is 0.00403. The second-order valence-electron chi connectivity index (χ2n) is 4.10. The predicted octanol–water partition coefficient (Wildman–Crippen LogP) is 1.52. The number of hydrogen-bond donors (Lipinski definition) is 3. The van der Waals surface area contributed by atoms with Crippen LogP contribution in [0.2, 0.25) is 0 Å². The van der Waals surface area contributed by atoms with Crippen molar-refractivity contribution in [3.05, 3.63) is 28.7 Å². The molecule has 17 heavy (non-hydrogen) atoms. The summed E-state index contributed by atoms with van der Waals surface area (Å²) < 4.78 is 0. The van der Waals surface area contributed by atoms with Crippen LogP contribution in [0.3, 0.4) is 0 Å². The zero-order valence-electron chi connectivity index (χ0n) is 9.74. The average Bonchev–Trinajstić information content (AvgIpc) is 2.23. The van der Waals surface area contributed by atoms with E-state index in [0.717, 1.165) is 6.07 Å². The van der Waals surface area contributed by atoms with Gasteiger partial charge in [0.25, 0.3) is 0 Å². The lowest BCUT2D eigenvalue weighted by Gasteiger charge is -2.22. The first-order valence-electron chi connectivity index (χ1n) is 5.25. The number of phenols is 2. The fraction of sp³-hybridized carbons (Fsp3) is 0.455. The number of aliphatic hydroxyl groups is 1. The van der Waals surface area contributed by atoms with Crippen molar-refractivity contribution in [3.63, 3.8) is 0 Å². The van der Waals surface area contributed by atoms with Gasteiger partial charge in [-0.2, -0.15) is 0 Å². The van der Waals surface area contributed by atoms with Crippen molar-refractivity contribution in [2.24, 2.45) is 5.29 Å². The molecule has 1 atom stereocenters. The standard InChI is InChI=1S/C11H16N2O4/c1-7(2)13(12-17)6-11(16)8-3-9(14)5-10(15)4-8/h3-5,7,11,14-16H,6H2,1-2H3. The maximum atomic E-state index is 10.5. The molecular formula is C11H16N2O4. The number of nitroso groups, excluding NO2 is 1. The van der Waals surface area contributed by atoms with Gasteiger partial charge in [0.1, 0.15) is 11.5 Å². The molecule has 3 N–H and O–H groups in total. The second-order valence-corrected chi connectivity index (χ2v) is 4.10. The smallest absolute Gasteiger partial charge is 0.119 e. The van der Waals surface area contributed by atoms with Gasteiger partial charge >= 0.3 is 0 Å². The molecule has 0 aliphatic heterocycles. The number of benzene rings is 1. The number of nitrogens with zero attached hydrogens (tertiary/aromatic N) is 2. The largest absolute Gasteiger partial charge is 0.508 e. The van der Waals surface area contributed by atoms with Gasteiger partial charge in [0.05, 0.1) is 17.9 Å². The lowest BCUT2D eigenvalue weighted by Crippen LogP contribution is -2.29. The molecule has 0 heterocycles. The van der Waals surface area contributed by atoms with Crippen molar-refractivity contribution >= 4 is 0 Å². The molecule has 0 spiro atoms. The Bertz CT molecular complexity index is 375. The van der Waals surface area contributed by atoms with Gasteiger partial charge < -0.3 is 15.3 Å². The first-order valence-corrected chi connectivity index (χ1v) is 5.25. The van der Waals surface area contributed by atoms with E-state index in [-0.39, 0.29) is 24.1 Å². The Morgan fingerprint density at radius 2 is 1.76 bits per heavy atom. The third-order valence-corrected chi connectivity index (χ3v) is 2.37. The molecular weight excluding hydrogens is 224 g/mol. The summed E-state index contributed by atoms with van der Waals surface area (Å²) in [5.41, 5.74) is 0.330. The Morgan fingerprint density at radius 3 is 2.18 bits per heavy atom. The molecule has 0 saturated heterocycles. The molecule has 0 aromatic heterocycles. The third kappa shape index (κ3) is 3.60. The van der Waals surface area contributed by atoms with Gasteiger partial charge in [0.2, 0.25) is 0 Å². The highest BCUT2D eigenvalue weighted by Gasteiger charge is 2.16. The van der Waals surface area contributed by atoms with Gasteiger partial charge in [-0.05, 0) is 31.5 Å². The molecule has 0 amide bonds. The molecule has 1 aromatic carbocycles. The Balaban J connectivity index is 2.81. The fourth-order valence-electron chi connectivity index (χ4n) is 1.43. The Labute approximate surface area is 99.1 Å². The van der Waals surface area contributed by atoms with Gasteiger partial charge in [0.15, 0.2) is 0 Å². The van der Waals surface area contributed by atoms with Crippen LogP contribution in [0.25, 0.3) is 0 Å². The molecule has 0 fully saturated rings. The molecule has 6 nitrogen and oxygen atoms in total. The van der Waals surface area contributed by atoms with Crippen molar-refractivity contribution in [1.82, 2.24) is 5.01 Å². The fourth-order valence-corrected chi connectivity index (χ4v) is 1.43. The highest BCUT2D eigenvalue weighted by atomic mass is 16.3. The molecule has 0 radical (unpaired) electrons. The van der Waals surface area contributed by atoms with Crippen molar-refractivity contribution in [2.45, 2.75) is 26.0 Å². The molecule has 1 unspecified atom stereocenters. The molecule has 0 aliphatic carbocycles. The van der Waals surface area contributed by atoms with E-state index in [1.165, 1.54) is 17.1 Å². The van der Waals surface area contributed by atoms with Crippen LogP contribution in [0.15, 0.2) is 23.5 Å². The molecule has 1 aromatic rings. The van der Waals surface area contributed by atoms with Crippen molar-refractivity contribution in [3.8, 4) is 11.5 Å². The lowest BCUT2D eigenvalue weighted by atomic mass is 10.1. The van der Waals surface area contributed by atoms with Gasteiger partial charge in [-0.15, -0.1) is 4.91 Å². The normalized spacial score (nSPS) is 12.5. The zero-order valence-corrected chi connectivity index (χ0v) is 9.74. The van der Waals surface area contributed by atoms with Crippen LogP contribution >= 0.6 is 0 Å². The van der Waals surface area contributed by atoms with Gasteiger partial charge in [-0.3, -0.25) is 5.01 Å². The predicted molar refractivity (Wildman–Crippen MR) is 62.4 cm³/mol. The second kappa shape index (κ2) is 5.49. The summed E-state index contributed by atoms with van der Waals surface area (Å²) in [6, 6.07) is 3.68. The number of phenolic OH excluding ortho intramolecular Hbond substituents is 2. The van der Waals surface area contributed by atoms with E-state index in [1.54, 1.807) is 13.8 Å². The van der Waals surface area contributed by atoms with E-state index < -0.39 is 6.10 Å². The van der Waals surface area contributed by atoms with Gasteiger partial charge in [-0.1, -0.05) is 0 Å². The minimum atomic E-state index is -1.01. The molecule has 94 valence electrons. The van der Waals surface area contributed by atoms with Crippen LogP contribution in [0.5, 0.6) is 11.5 Å². The van der Waals surface area contributed by atoms with Crippen LogP contribution in [0.1, 0.15) is 25.5 Å². The first-order chi connectivity index (χ1) is 7.93. The zero-order chi connectivity index (χ0) is 13.0. The van der Waals surface area contributed by atoms with Crippen LogP contribution in [0, 0.1) is 4.91 Å². The number of aromatic hydroxyl groups is 2. The Hall–Kier alpha value is -1.82. The van der Waals surface area contributed by atoms with Crippen LogP contribution in [0.4, 0.5) is 0 Å². The first kappa shape index (κ1) is 13.2. The van der Waals surface area contributed by atoms with Crippen molar-refractivity contribution in [1.29, 1.82) is 0 Å². The van der Waals surface area contributed by atoms with E-state index in [9.17, 15) is 20.2 Å². The number of hydrogen-bond acceptors (Lipinski definition) is 5. The summed E-state index contributed by atoms with van der Waals surface area (Å²) in [6.45, 7) is 3.55. The molecule has 0 aliphatic rings. The maximum Gasteiger partial charge on any atom is 0.119 e. The van der Waals surface area contributed by atoms with E-state index in [0.29, 0.717) is 5.56 Å². The topological polar surface area (TPSA) is 93.4 Å². The summed E-state index contributed by atoms with van der Waals surface area (Å²) in [4.78, 5) is 10.5. The minimum Gasteiger partial charge on any atom is -0.508 e. The summed E-state index contributed by atoms with van der Waals surface area (Å²) in [7, 11) is 0. The van der Waals surface area contributed by atoms with E-state index in [2.05, 4.69) is 5.29 Å². The van der Waals surface area contributed by atoms with Crippen molar-refractivity contribution in [2.75, 3.05) is 6.54 Å². The highest BCUT2D eigenvalue weighted by Crippen LogP contribution is 2.25. The Kier molecular flexibility index (Phi) is 4.28. The lowest BCUT2D eigenvalue weighted by molar-refractivity contribution is 0.0962.